The number of carboxylic acids is 1. The largest absolute Gasteiger partial charge is 0.478 e. The van der Waals surface area contributed by atoms with Gasteiger partial charge in [0.1, 0.15) is 4.90 Å². The Hall–Kier alpha value is -1.64. The monoisotopic (exact) mass is 342 g/mol. The summed E-state index contributed by atoms with van der Waals surface area (Å²) in [5.74, 6) is -1.19. The van der Waals surface area contributed by atoms with E-state index in [0.717, 1.165) is 38.2 Å². The van der Waals surface area contributed by atoms with Crippen LogP contribution >= 0.6 is 0 Å². The van der Waals surface area contributed by atoms with Crippen LogP contribution < -0.4 is 10.0 Å². The molecule has 1 aromatic carbocycles. The summed E-state index contributed by atoms with van der Waals surface area (Å²) in [5.41, 5.74) is 0.191. The third-order valence-corrected chi connectivity index (χ3v) is 5.43. The molecule has 0 heterocycles. The van der Waals surface area contributed by atoms with Crippen LogP contribution in [0.3, 0.4) is 0 Å². The van der Waals surface area contributed by atoms with Crippen LogP contribution in [0, 0.1) is 0 Å². The highest BCUT2D eigenvalue weighted by atomic mass is 32.2. The first-order valence-electron chi connectivity index (χ1n) is 7.68. The molecule has 0 amide bonds. The van der Waals surface area contributed by atoms with Gasteiger partial charge < -0.3 is 15.5 Å². The highest BCUT2D eigenvalue weighted by molar-refractivity contribution is 7.89. The van der Waals surface area contributed by atoms with Gasteiger partial charge in [-0.2, -0.15) is 0 Å². The predicted octanol–water partition coefficient (Wildman–Crippen LogP) is 1.40. The number of aliphatic hydroxyl groups excluding tert-OH is 1. The molecule has 4 N–H and O–H groups in total. The molecule has 0 spiro atoms. The van der Waals surface area contributed by atoms with Gasteiger partial charge in [0.2, 0.25) is 10.0 Å². The van der Waals surface area contributed by atoms with Gasteiger partial charge in [-0.25, -0.2) is 17.9 Å². The number of anilines is 1. The van der Waals surface area contributed by atoms with Crippen molar-refractivity contribution in [3.63, 3.8) is 0 Å². The number of carboxylic acid groups (broad SMARTS) is 1. The predicted molar refractivity (Wildman–Crippen MR) is 86.2 cm³/mol. The summed E-state index contributed by atoms with van der Waals surface area (Å²) in [6.45, 7) is 0.0224. The van der Waals surface area contributed by atoms with Crippen LogP contribution in [0.2, 0.25) is 0 Å². The first kappa shape index (κ1) is 17.7. The third-order valence-electron chi connectivity index (χ3n) is 3.87. The van der Waals surface area contributed by atoms with Gasteiger partial charge in [0.05, 0.1) is 17.9 Å². The lowest BCUT2D eigenvalue weighted by atomic mass is 9.96. The number of hydrogen-bond donors (Lipinski definition) is 4. The van der Waals surface area contributed by atoms with E-state index in [0.29, 0.717) is 0 Å². The Morgan fingerprint density at radius 2 is 1.91 bits per heavy atom. The molecule has 0 bridgehead atoms. The van der Waals surface area contributed by atoms with Crippen molar-refractivity contribution in [2.45, 2.75) is 43.0 Å². The van der Waals surface area contributed by atoms with E-state index in [4.69, 9.17) is 10.2 Å². The van der Waals surface area contributed by atoms with Crippen LogP contribution in [-0.4, -0.2) is 43.8 Å². The van der Waals surface area contributed by atoms with E-state index < -0.39 is 16.0 Å². The van der Waals surface area contributed by atoms with E-state index in [9.17, 15) is 13.2 Å². The standard InChI is InChI=1S/C15H22N2O5S/c18-9-8-16-13-7-6-11(15(19)20)10-14(13)23(21,22)17-12-4-2-1-3-5-12/h6-7,10,12,16-18H,1-5,8-9H2,(H,19,20). The Balaban J connectivity index is 2.32. The van der Waals surface area contributed by atoms with E-state index in [2.05, 4.69) is 10.0 Å². The number of hydrogen-bond acceptors (Lipinski definition) is 5. The van der Waals surface area contributed by atoms with Gasteiger partial charge in [-0.05, 0) is 31.0 Å². The van der Waals surface area contributed by atoms with Crippen LogP contribution in [-0.2, 0) is 10.0 Å². The summed E-state index contributed by atoms with van der Waals surface area (Å²) >= 11 is 0. The van der Waals surface area contributed by atoms with Gasteiger partial charge in [0, 0.05) is 12.6 Å². The maximum Gasteiger partial charge on any atom is 0.335 e. The Bertz CT molecular complexity index is 654. The molecule has 1 aliphatic carbocycles. The first-order chi connectivity index (χ1) is 10.9. The number of aliphatic hydroxyl groups is 1. The molecule has 128 valence electrons. The molecule has 0 unspecified atom stereocenters. The fourth-order valence-electron chi connectivity index (χ4n) is 2.72. The molecule has 0 radical (unpaired) electrons. The molecular weight excluding hydrogens is 320 g/mol. The number of carbonyl (C=O) groups is 1. The Morgan fingerprint density at radius 3 is 2.52 bits per heavy atom. The summed E-state index contributed by atoms with van der Waals surface area (Å²) in [7, 11) is -3.83. The molecule has 0 aliphatic heterocycles. The van der Waals surface area contributed by atoms with Gasteiger partial charge in [-0.3, -0.25) is 0 Å². The molecule has 0 atom stereocenters. The summed E-state index contributed by atoms with van der Waals surface area (Å²) in [6, 6.07) is 3.77. The summed E-state index contributed by atoms with van der Waals surface area (Å²) in [6.07, 6.45) is 4.65. The average molecular weight is 342 g/mol. The van der Waals surface area contributed by atoms with E-state index in [1.165, 1.54) is 12.1 Å². The van der Waals surface area contributed by atoms with E-state index in [1.807, 2.05) is 0 Å². The second kappa shape index (κ2) is 7.76. The molecule has 23 heavy (non-hydrogen) atoms. The maximum atomic E-state index is 12.7. The molecule has 0 saturated heterocycles. The molecule has 1 aromatic rings. The van der Waals surface area contributed by atoms with Crippen molar-refractivity contribution in [1.82, 2.24) is 4.72 Å². The van der Waals surface area contributed by atoms with Crippen molar-refractivity contribution < 1.29 is 23.4 Å². The molecule has 0 aromatic heterocycles. The lowest BCUT2D eigenvalue weighted by Gasteiger charge is -2.23. The Morgan fingerprint density at radius 1 is 1.22 bits per heavy atom. The topological polar surface area (TPSA) is 116 Å². The quantitative estimate of drug-likeness (QED) is 0.595. The van der Waals surface area contributed by atoms with Crippen molar-refractivity contribution in [1.29, 1.82) is 0 Å². The zero-order chi connectivity index (χ0) is 16.9. The molecule has 8 heteroatoms. The Kier molecular flexibility index (Phi) is 5.97. The van der Waals surface area contributed by atoms with Gasteiger partial charge in [-0.1, -0.05) is 19.3 Å². The minimum atomic E-state index is -3.83. The van der Waals surface area contributed by atoms with E-state index >= 15 is 0 Å². The van der Waals surface area contributed by atoms with Crippen LogP contribution in [0.1, 0.15) is 42.5 Å². The van der Waals surface area contributed by atoms with E-state index in [1.54, 1.807) is 0 Å². The van der Waals surface area contributed by atoms with Crippen LogP contribution in [0.5, 0.6) is 0 Å². The number of aromatic carboxylic acids is 1. The van der Waals surface area contributed by atoms with Crippen molar-refractivity contribution in [3.8, 4) is 0 Å². The van der Waals surface area contributed by atoms with Crippen molar-refractivity contribution in [2.75, 3.05) is 18.5 Å². The normalized spacial score (nSPS) is 16.2. The van der Waals surface area contributed by atoms with Gasteiger partial charge in [0.25, 0.3) is 0 Å². The molecule has 2 rings (SSSR count). The third kappa shape index (κ3) is 4.66. The fourth-order valence-corrected chi connectivity index (χ4v) is 4.23. The maximum absolute atomic E-state index is 12.7. The molecule has 1 aliphatic rings. The number of nitrogens with one attached hydrogen (secondary N) is 2. The summed E-state index contributed by atoms with van der Waals surface area (Å²) < 4.78 is 28.0. The second-order valence-electron chi connectivity index (χ2n) is 5.62. The molecule has 7 nitrogen and oxygen atoms in total. The van der Waals surface area contributed by atoms with E-state index in [-0.39, 0.29) is 35.3 Å². The van der Waals surface area contributed by atoms with Gasteiger partial charge >= 0.3 is 5.97 Å². The lowest BCUT2D eigenvalue weighted by Crippen LogP contribution is -2.36. The highest BCUT2D eigenvalue weighted by Gasteiger charge is 2.25. The summed E-state index contributed by atoms with van der Waals surface area (Å²) in [4.78, 5) is 11.0. The Labute approximate surface area is 135 Å². The summed E-state index contributed by atoms with van der Waals surface area (Å²) in [5, 5.41) is 20.8. The van der Waals surface area contributed by atoms with Gasteiger partial charge in [-0.15, -0.1) is 0 Å². The van der Waals surface area contributed by atoms with Crippen LogP contribution in [0.15, 0.2) is 23.1 Å². The van der Waals surface area contributed by atoms with Crippen molar-refractivity contribution in [3.05, 3.63) is 23.8 Å². The SMILES string of the molecule is O=C(O)c1ccc(NCCO)c(S(=O)(=O)NC2CCCCC2)c1. The van der Waals surface area contributed by atoms with Crippen LogP contribution in [0.25, 0.3) is 0 Å². The molecule has 1 saturated carbocycles. The van der Waals surface area contributed by atoms with Crippen molar-refractivity contribution >= 4 is 21.7 Å². The number of rotatable bonds is 7. The minimum Gasteiger partial charge on any atom is -0.478 e. The molecular formula is C15H22N2O5S. The second-order valence-corrected chi connectivity index (χ2v) is 7.31. The number of benzene rings is 1. The van der Waals surface area contributed by atoms with Crippen molar-refractivity contribution in [2.24, 2.45) is 0 Å². The zero-order valence-electron chi connectivity index (χ0n) is 12.8. The highest BCUT2D eigenvalue weighted by Crippen LogP contribution is 2.25. The van der Waals surface area contributed by atoms with Gasteiger partial charge in [0.15, 0.2) is 0 Å². The fraction of sp³-hybridized carbons (Fsp3) is 0.533. The molecule has 1 fully saturated rings. The number of sulfonamides is 1. The first-order valence-corrected chi connectivity index (χ1v) is 9.17. The smallest absolute Gasteiger partial charge is 0.335 e. The average Bonchev–Trinajstić information content (AvgIpc) is 2.53. The lowest BCUT2D eigenvalue weighted by molar-refractivity contribution is 0.0696. The minimum absolute atomic E-state index is 0.0939. The zero-order valence-corrected chi connectivity index (χ0v) is 13.6. The van der Waals surface area contributed by atoms with Crippen LogP contribution in [0.4, 0.5) is 5.69 Å².